The highest BCUT2D eigenvalue weighted by Gasteiger charge is 2.11. The summed E-state index contributed by atoms with van der Waals surface area (Å²) in [5.41, 5.74) is 0.786. The van der Waals surface area contributed by atoms with Crippen LogP contribution in [-0.4, -0.2) is 28.0 Å². The number of benzene rings is 1. The smallest absolute Gasteiger partial charge is 0.208 e. The monoisotopic (exact) mass is 322 g/mol. The molecule has 110 valence electrons. The fourth-order valence-electron chi connectivity index (χ4n) is 1.77. The van der Waals surface area contributed by atoms with Gasteiger partial charge in [-0.2, -0.15) is 5.26 Å². The lowest BCUT2D eigenvalue weighted by molar-refractivity contribution is 0.416. The van der Waals surface area contributed by atoms with E-state index in [1.165, 1.54) is 0 Å². The maximum absolute atomic E-state index is 8.47. The summed E-state index contributed by atoms with van der Waals surface area (Å²) in [6.07, 6.45) is 2.48. The molecule has 0 atom stereocenters. The van der Waals surface area contributed by atoms with Crippen molar-refractivity contribution in [1.82, 2.24) is 15.2 Å². The topological polar surface area (TPSA) is 74.6 Å². The zero-order valence-corrected chi connectivity index (χ0v) is 13.2. The molecule has 0 aliphatic heterocycles. The number of H-pyrrole nitrogens is 1. The highest BCUT2D eigenvalue weighted by molar-refractivity contribution is 7.99. The molecule has 2 rings (SSSR count). The van der Waals surface area contributed by atoms with Crippen molar-refractivity contribution in [2.24, 2.45) is 0 Å². The van der Waals surface area contributed by atoms with E-state index in [1.54, 1.807) is 37.1 Å². The van der Waals surface area contributed by atoms with Gasteiger partial charge in [-0.1, -0.05) is 23.4 Å². The molecule has 0 fully saturated rings. The number of nitrogens with one attached hydrogen (secondary N) is 1. The van der Waals surface area contributed by atoms with Crippen LogP contribution < -0.4 is 4.74 Å². The van der Waals surface area contributed by atoms with Gasteiger partial charge in [-0.25, -0.2) is 4.98 Å². The van der Waals surface area contributed by atoms with E-state index >= 15 is 0 Å². The number of hydrogen-bond donors (Lipinski definition) is 1. The van der Waals surface area contributed by atoms with Crippen molar-refractivity contribution in [3.05, 3.63) is 23.2 Å². The van der Waals surface area contributed by atoms with Crippen LogP contribution in [0.5, 0.6) is 5.75 Å². The van der Waals surface area contributed by atoms with Gasteiger partial charge in [0.1, 0.15) is 5.75 Å². The fraction of sp³-hybridized carbons (Fsp3) is 0.357. The van der Waals surface area contributed by atoms with Crippen LogP contribution in [0, 0.1) is 11.3 Å². The molecule has 21 heavy (non-hydrogen) atoms. The zero-order chi connectivity index (χ0) is 15.1. The Bertz CT molecular complexity index is 638. The number of thioether (sulfide) groups is 1. The van der Waals surface area contributed by atoms with Crippen molar-refractivity contribution in [3.63, 3.8) is 0 Å². The molecule has 0 aliphatic carbocycles. The lowest BCUT2D eigenvalue weighted by Gasteiger charge is -2.05. The van der Waals surface area contributed by atoms with E-state index in [1.807, 2.05) is 0 Å². The molecule has 5 nitrogen and oxygen atoms in total. The Morgan fingerprint density at radius 2 is 2.29 bits per heavy atom. The molecular weight excluding hydrogens is 308 g/mol. The Morgan fingerprint density at radius 1 is 1.43 bits per heavy atom. The van der Waals surface area contributed by atoms with Gasteiger partial charge in [0.25, 0.3) is 0 Å². The minimum absolute atomic E-state index is 0.597. The quantitative estimate of drug-likeness (QED) is 0.617. The fourth-order valence-corrected chi connectivity index (χ4v) is 2.74. The summed E-state index contributed by atoms with van der Waals surface area (Å²) in [5, 5.41) is 16.9. The van der Waals surface area contributed by atoms with Gasteiger partial charge in [-0.3, -0.25) is 5.10 Å². The first-order valence-corrected chi connectivity index (χ1v) is 7.87. The molecule has 2 aromatic rings. The number of aromatic nitrogens is 3. The number of nitriles is 1. The first-order valence-electron chi connectivity index (χ1n) is 6.50. The lowest BCUT2D eigenvalue weighted by Crippen LogP contribution is -1.89. The molecule has 0 radical (unpaired) electrons. The molecule has 0 saturated heterocycles. The first-order chi connectivity index (χ1) is 10.2. The maximum Gasteiger partial charge on any atom is 0.208 e. The highest BCUT2D eigenvalue weighted by atomic mass is 35.5. The summed E-state index contributed by atoms with van der Waals surface area (Å²) in [4.78, 5) is 4.44. The van der Waals surface area contributed by atoms with Crippen LogP contribution in [0.25, 0.3) is 11.4 Å². The van der Waals surface area contributed by atoms with Crippen molar-refractivity contribution in [2.75, 3.05) is 12.9 Å². The van der Waals surface area contributed by atoms with E-state index in [0.29, 0.717) is 28.2 Å². The number of unbranched alkanes of at least 4 members (excludes halogenated alkanes) is 2. The summed E-state index contributed by atoms with van der Waals surface area (Å²) in [5.74, 6) is 2.22. The second kappa shape index (κ2) is 7.91. The Morgan fingerprint density at radius 3 is 3.05 bits per heavy atom. The van der Waals surface area contributed by atoms with Gasteiger partial charge in [-0.15, -0.1) is 5.10 Å². The van der Waals surface area contributed by atoms with E-state index in [9.17, 15) is 0 Å². The number of aromatic amines is 1. The second-order valence-corrected chi connectivity index (χ2v) is 5.77. The highest BCUT2D eigenvalue weighted by Crippen LogP contribution is 2.31. The average Bonchev–Trinajstić information content (AvgIpc) is 2.96. The third kappa shape index (κ3) is 4.38. The summed E-state index contributed by atoms with van der Waals surface area (Å²) >= 11 is 7.58. The lowest BCUT2D eigenvalue weighted by atomic mass is 10.2. The molecule has 0 spiro atoms. The van der Waals surface area contributed by atoms with E-state index in [2.05, 4.69) is 21.3 Å². The van der Waals surface area contributed by atoms with Gasteiger partial charge in [0.2, 0.25) is 5.16 Å². The van der Waals surface area contributed by atoms with E-state index in [0.717, 1.165) is 24.2 Å². The predicted octanol–water partition coefficient (Wildman–Crippen LogP) is 3.92. The number of rotatable bonds is 7. The van der Waals surface area contributed by atoms with Crippen LogP contribution in [0.2, 0.25) is 5.02 Å². The minimum Gasteiger partial charge on any atom is -0.496 e. The van der Waals surface area contributed by atoms with Gasteiger partial charge in [0, 0.05) is 17.2 Å². The SMILES string of the molecule is COc1ccc(Cl)cc1-c1nc(SCCCCC#N)n[nH]1. The van der Waals surface area contributed by atoms with Crippen molar-refractivity contribution < 1.29 is 4.74 Å². The van der Waals surface area contributed by atoms with E-state index < -0.39 is 0 Å². The van der Waals surface area contributed by atoms with E-state index in [-0.39, 0.29) is 0 Å². The van der Waals surface area contributed by atoms with Gasteiger partial charge < -0.3 is 4.74 Å². The Labute approximate surface area is 132 Å². The van der Waals surface area contributed by atoms with Crippen molar-refractivity contribution in [2.45, 2.75) is 24.4 Å². The van der Waals surface area contributed by atoms with Crippen LogP contribution in [0.4, 0.5) is 0 Å². The Kier molecular flexibility index (Phi) is 5.90. The van der Waals surface area contributed by atoms with Crippen LogP contribution in [0.3, 0.4) is 0 Å². The van der Waals surface area contributed by atoms with Crippen LogP contribution >= 0.6 is 23.4 Å². The maximum atomic E-state index is 8.47. The van der Waals surface area contributed by atoms with Gasteiger partial charge in [0.05, 0.1) is 18.7 Å². The average molecular weight is 323 g/mol. The molecule has 0 bridgehead atoms. The number of methoxy groups -OCH3 is 1. The zero-order valence-electron chi connectivity index (χ0n) is 11.6. The molecule has 1 aromatic carbocycles. The molecule has 7 heteroatoms. The van der Waals surface area contributed by atoms with Crippen molar-refractivity contribution in [3.8, 4) is 23.2 Å². The summed E-state index contributed by atoms with van der Waals surface area (Å²) in [6.45, 7) is 0. The number of hydrogen-bond acceptors (Lipinski definition) is 5. The molecular formula is C14H15ClN4OS. The number of ether oxygens (including phenoxy) is 1. The molecule has 0 saturated carbocycles. The molecule has 1 aromatic heterocycles. The van der Waals surface area contributed by atoms with Gasteiger partial charge in [-0.05, 0) is 31.0 Å². The molecule has 1 N–H and O–H groups in total. The van der Waals surface area contributed by atoms with Crippen LogP contribution in [0.1, 0.15) is 19.3 Å². The Hall–Kier alpha value is -1.71. The number of halogens is 1. The normalized spacial score (nSPS) is 10.3. The third-order valence-electron chi connectivity index (χ3n) is 2.80. The van der Waals surface area contributed by atoms with Gasteiger partial charge >= 0.3 is 0 Å². The first kappa shape index (κ1) is 15.7. The molecule has 1 heterocycles. The predicted molar refractivity (Wildman–Crippen MR) is 83.6 cm³/mol. The third-order valence-corrected chi connectivity index (χ3v) is 3.96. The van der Waals surface area contributed by atoms with Crippen LogP contribution in [0.15, 0.2) is 23.4 Å². The summed E-state index contributed by atoms with van der Waals surface area (Å²) in [7, 11) is 1.61. The summed E-state index contributed by atoms with van der Waals surface area (Å²) < 4.78 is 5.31. The van der Waals surface area contributed by atoms with Crippen molar-refractivity contribution >= 4 is 23.4 Å². The largest absolute Gasteiger partial charge is 0.496 e. The molecule has 0 amide bonds. The van der Waals surface area contributed by atoms with Gasteiger partial charge in [0.15, 0.2) is 5.82 Å². The standard InChI is InChI=1S/C14H15ClN4OS/c1-20-12-6-5-10(15)9-11(12)13-17-14(19-18-13)21-8-4-2-3-7-16/h5-6,9H,2-4,8H2,1H3,(H,17,18,19). The van der Waals surface area contributed by atoms with Crippen LogP contribution in [-0.2, 0) is 0 Å². The molecule has 0 aliphatic rings. The van der Waals surface area contributed by atoms with E-state index in [4.69, 9.17) is 21.6 Å². The summed E-state index contributed by atoms with van der Waals surface area (Å²) in [6, 6.07) is 7.50. The number of nitrogens with zero attached hydrogens (tertiary/aromatic N) is 3. The second-order valence-electron chi connectivity index (χ2n) is 4.27. The Balaban J connectivity index is 2.03. The molecule has 0 unspecified atom stereocenters. The minimum atomic E-state index is 0.597. The van der Waals surface area contributed by atoms with Crippen molar-refractivity contribution in [1.29, 1.82) is 5.26 Å².